The largest absolute Gasteiger partial charge is 0.618 e. The van der Waals surface area contributed by atoms with E-state index in [1.165, 1.54) is 0 Å². The molecule has 0 saturated heterocycles. The van der Waals surface area contributed by atoms with Crippen molar-refractivity contribution in [3.8, 4) is 11.3 Å². The van der Waals surface area contributed by atoms with Gasteiger partial charge in [-0.15, -0.1) is 0 Å². The molecule has 0 spiro atoms. The third-order valence-electron chi connectivity index (χ3n) is 2.90. The van der Waals surface area contributed by atoms with Crippen LogP contribution < -0.4 is 4.73 Å². The predicted octanol–water partition coefficient (Wildman–Crippen LogP) is 4.30. The third kappa shape index (κ3) is 3.20. The lowest BCUT2D eigenvalue weighted by molar-refractivity contribution is -0.594. The van der Waals surface area contributed by atoms with Crippen LogP contribution in [-0.2, 0) is 12.4 Å². The molecule has 0 fully saturated rings. The highest BCUT2D eigenvalue weighted by Crippen LogP contribution is 2.37. The summed E-state index contributed by atoms with van der Waals surface area (Å²) in [5.74, 6) is -4.11. The van der Waals surface area contributed by atoms with Gasteiger partial charge in [0.2, 0.25) is 5.69 Å². The van der Waals surface area contributed by atoms with Gasteiger partial charge < -0.3 is 5.21 Å². The van der Waals surface area contributed by atoms with Crippen LogP contribution in [-0.4, -0.2) is 0 Å². The van der Waals surface area contributed by atoms with Crippen molar-refractivity contribution in [1.82, 2.24) is 0 Å². The van der Waals surface area contributed by atoms with Crippen molar-refractivity contribution in [2.75, 3.05) is 0 Å². The second-order valence-corrected chi connectivity index (χ2v) is 4.41. The first-order valence-corrected chi connectivity index (χ1v) is 5.79. The van der Waals surface area contributed by atoms with Gasteiger partial charge in [0.05, 0.1) is 11.1 Å². The zero-order valence-corrected chi connectivity index (χ0v) is 10.8. The van der Waals surface area contributed by atoms with Gasteiger partial charge in [-0.25, -0.2) is 8.78 Å². The SMILES string of the molecule is [O-][n+]1ccc(C(F)(F)F)cc1-c1ccc(F)c(C(F)(F)F)c1F. The summed E-state index contributed by atoms with van der Waals surface area (Å²) in [6, 6.07) is 1.25. The molecule has 0 N–H and O–H groups in total. The van der Waals surface area contributed by atoms with Crippen LogP contribution in [0.15, 0.2) is 30.5 Å². The Balaban J connectivity index is 2.73. The molecule has 0 aliphatic rings. The monoisotopic (exact) mass is 343 g/mol. The molecule has 1 heterocycles. The second-order valence-electron chi connectivity index (χ2n) is 4.41. The van der Waals surface area contributed by atoms with Gasteiger partial charge in [0, 0.05) is 12.1 Å². The lowest BCUT2D eigenvalue weighted by Gasteiger charge is -2.13. The van der Waals surface area contributed by atoms with Crippen LogP contribution in [0.4, 0.5) is 35.1 Å². The second kappa shape index (κ2) is 5.36. The maximum atomic E-state index is 13.9. The molecule has 0 atom stereocenters. The Hall–Kier alpha value is -2.39. The highest BCUT2D eigenvalue weighted by molar-refractivity contribution is 5.60. The van der Waals surface area contributed by atoms with E-state index in [1.54, 1.807) is 0 Å². The fourth-order valence-electron chi connectivity index (χ4n) is 1.87. The molecule has 0 saturated carbocycles. The Bertz CT molecular complexity index is 751. The Morgan fingerprint density at radius 3 is 2.00 bits per heavy atom. The first-order chi connectivity index (χ1) is 10.4. The number of nitrogens with zero attached hydrogens (tertiary/aromatic N) is 1. The van der Waals surface area contributed by atoms with Crippen molar-refractivity contribution in [2.45, 2.75) is 12.4 Å². The molecule has 0 amide bonds. The molecule has 23 heavy (non-hydrogen) atoms. The summed E-state index contributed by atoms with van der Waals surface area (Å²) in [6.07, 6.45) is -9.94. The van der Waals surface area contributed by atoms with E-state index in [1.807, 2.05) is 0 Å². The van der Waals surface area contributed by atoms with Crippen molar-refractivity contribution in [2.24, 2.45) is 0 Å². The van der Waals surface area contributed by atoms with Crippen molar-refractivity contribution < 1.29 is 39.9 Å². The molecule has 0 bridgehead atoms. The Morgan fingerprint density at radius 2 is 1.48 bits per heavy atom. The van der Waals surface area contributed by atoms with Crippen LogP contribution >= 0.6 is 0 Å². The number of hydrogen-bond acceptors (Lipinski definition) is 1. The molecule has 0 unspecified atom stereocenters. The fourth-order valence-corrected chi connectivity index (χ4v) is 1.87. The average Bonchev–Trinajstić information content (AvgIpc) is 2.37. The molecule has 2 aromatic rings. The number of hydrogen-bond donors (Lipinski definition) is 0. The van der Waals surface area contributed by atoms with E-state index in [0.717, 1.165) is 0 Å². The number of aromatic nitrogens is 1. The quantitative estimate of drug-likeness (QED) is 0.431. The summed E-state index contributed by atoms with van der Waals surface area (Å²) in [5.41, 5.74) is -5.77. The summed E-state index contributed by atoms with van der Waals surface area (Å²) in [5, 5.41) is 11.5. The van der Waals surface area contributed by atoms with E-state index in [-0.39, 0.29) is 16.9 Å². The van der Waals surface area contributed by atoms with Gasteiger partial charge in [0.25, 0.3) is 0 Å². The highest BCUT2D eigenvalue weighted by atomic mass is 19.4. The van der Waals surface area contributed by atoms with E-state index in [9.17, 15) is 40.3 Å². The molecule has 1 aromatic heterocycles. The number of alkyl halides is 6. The first kappa shape index (κ1) is 17.0. The lowest BCUT2D eigenvalue weighted by Crippen LogP contribution is -2.30. The van der Waals surface area contributed by atoms with Gasteiger partial charge in [-0.1, -0.05) is 0 Å². The molecule has 0 aliphatic carbocycles. The van der Waals surface area contributed by atoms with E-state index < -0.39 is 46.4 Å². The minimum Gasteiger partial charge on any atom is -0.618 e. The molecule has 2 rings (SSSR count). The molecule has 1 aromatic carbocycles. The summed E-state index contributed by atoms with van der Waals surface area (Å²) in [6.45, 7) is 0. The van der Waals surface area contributed by atoms with Crippen LogP contribution in [0.3, 0.4) is 0 Å². The van der Waals surface area contributed by atoms with Crippen LogP contribution in [0.25, 0.3) is 11.3 Å². The minimum atomic E-state index is -5.42. The van der Waals surface area contributed by atoms with Gasteiger partial charge in [-0.05, 0) is 12.1 Å². The Kier molecular flexibility index (Phi) is 3.95. The topological polar surface area (TPSA) is 26.9 Å². The molecule has 124 valence electrons. The lowest BCUT2D eigenvalue weighted by atomic mass is 10.0. The van der Waals surface area contributed by atoms with E-state index in [2.05, 4.69) is 0 Å². The summed E-state index contributed by atoms with van der Waals surface area (Å²) in [4.78, 5) is 0. The van der Waals surface area contributed by atoms with Crippen LogP contribution in [0.5, 0.6) is 0 Å². The molecular weight excluding hydrogens is 338 g/mol. The number of benzene rings is 1. The van der Waals surface area contributed by atoms with Gasteiger partial charge in [0.15, 0.2) is 12.0 Å². The number of rotatable bonds is 1. The van der Waals surface area contributed by atoms with E-state index in [0.29, 0.717) is 18.3 Å². The summed E-state index contributed by atoms with van der Waals surface area (Å²) in [7, 11) is 0. The van der Waals surface area contributed by atoms with Crippen molar-refractivity contribution in [3.05, 3.63) is 58.4 Å². The number of halogens is 8. The van der Waals surface area contributed by atoms with E-state index >= 15 is 0 Å². The van der Waals surface area contributed by atoms with Crippen molar-refractivity contribution in [3.63, 3.8) is 0 Å². The zero-order valence-electron chi connectivity index (χ0n) is 10.8. The molecule has 0 radical (unpaired) electrons. The normalized spacial score (nSPS) is 12.5. The molecular formula is C13H5F8NO. The molecule has 2 nitrogen and oxygen atoms in total. The Labute approximate surface area is 123 Å². The standard InChI is InChI=1S/C13H5F8NO/c14-8-2-1-7(11(15)10(8)13(19,20)21)9-5-6(12(16,17)18)3-4-22(9)23/h1-5H. The van der Waals surface area contributed by atoms with Gasteiger partial charge >= 0.3 is 12.4 Å². The maximum Gasteiger partial charge on any atom is 0.422 e. The van der Waals surface area contributed by atoms with Gasteiger partial charge in [-0.3, -0.25) is 0 Å². The highest BCUT2D eigenvalue weighted by Gasteiger charge is 2.40. The van der Waals surface area contributed by atoms with Gasteiger partial charge in [-0.2, -0.15) is 31.1 Å². The van der Waals surface area contributed by atoms with Crippen LogP contribution in [0.1, 0.15) is 11.1 Å². The van der Waals surface area contributed by atoms with Crippen molar-refractivity contribution in [1.29, 1.82) is 0 Å². The van der Waals surface area contributed by atoms with Crippen molar-refractivity contribution >= 4 is 0 Å². The van der Waals surface area contributed by atoms with Crippen LogP contribution in [0.2, 0.25) is 0 Å². The molecule has 10 heteroatoms. The zero-order chi connectivity index (χ0) is 17.6. The minimum absolute atomic E-state index is 0.184. The summed E-state index contributed by atoms with van der Waals surface area (Å²) < 4.78 is 103. The smallest absolute Gasteiger partial charge is 0.422 e. The number of pyridine rings is 1. The van der Waals surface area contributed by atoms with Gasteiger partial charge in [0.1, 0.15) is 11.4 Å². The van der Waals surface area contributed by atoms with E-state index in [4.69, 9.17) is 0 Å². The predicted molar refractivity (Wildman–Crippen MR) is 60.8 cm³/mol. The van der Waals surface area contributed by atoms with Crippen LogP contribution in [0, 0.1) is 16.8 Å². The maximum absolute atomic E-state index is 13.9. The first-order valence-electron chi connectivity index (χ1n) is 5.79. The molecule has 0 aliphatic heterocycles. The summed E-state index contributed by atoms with van der Waals surface area (Å²) >= 11 is 0. The average molecular weight is 343 g/mol. The Morgan fingerprint density at radius 1 is 0.870 bits per heavy atom. The fraction of sp³-hybridized carbons (Fsp3) is 0.154. The third-order valence-corrected chi connectivity index (χ3v) is 2.90.